The molecule has 0 unspecified atom stereocenters. The van der Waals surface area contributed by atoms with E-state index < -0.39 is 8.07 Å². The Kier molecular flexibility index (Phi) is 5.89. The van der Waals surface area contributed by atoms with Gasteiger partial charge in [-0.05, 0) is 74.4 Å². The Hall–Kier alpha value is -4.96. The molecule has 1 aliphatic rings. The Morgan fingerprint density at radius 3 is 1.96 bits per heavy atom. The minimum atomic E-state index is -1.95. The van der Waals surface area contributed by atoms with Crippen LogP contribution in [0.25, 0.3) is 53.2 Å². The number of anilines is 3. The van der Waals surface area contributed by atoms with Crippen LogP contribution in [0.15, 0.2) is 152 Å². The van der Waals surface area contributed by atoms with Crippen molar-refractivity contribution in [2.45, 2.75) is 13.1 Å². The van der Waals surface area contributed by atoms with E-state index in [4.69, 9.17) is 0 Å². The number of benzene rings is 7. The van der Waals surface area contributed by atoms with Crippen LogP contribution in [0.3, 0.4) is 0 Å². The maximum absolute atomic E-state index is 2.53. The Bertz CT molecular complexity index is 2410. The lowest BCUT2D eigenvalue weighted by atomic mass is 9.96. The monoisotopic (exact) mass is 609 g/mol. The van der Waals surface area contributed by atoms with E-state index in [1.54, 1.807) is 5.19 Å². The number of hydrogen-bond acceptors (Lipinski definition) is 2. The van der Waals surface area contributed by atoms with Crippen molar-refractivity contribution in [3.8, 4) is 22.3 Å². The second kappa shape index (κ2) is 10.0. The quantitative estimate of drug-likeness (QED) is 0.179. The maximum atomic E-state index is 2.53. The zero-order valence-corrected chi connectivity index (χ0v) is 27.1. The highest BCUT2D eigenvalue weighted by atomic mass is 32.1. The van der Waals surface area contributed by atoms with Gasteiger partial charge < -0.3 is 4.90 Å². The molecule has 0 aliphatic carbocycles. The van der Waals surface area contributed by atoms with Gasteiger partial charge in [0.05, 0.1) is 5.69 Å². The van der Waals surface area contributed by atoms with Gasteiger partial charge in [0.15, 0.2) is 0 Å². The predicted octanol–water partition coefficient (Wildman–Crippen LogP) is 11.1. The van der Waals surface area contributed by atoms with Crippen LogP contribution >= 0.6 is 11.3 Å². The summed E-state index contributed by atoms with van der Waals surface area (Å²) in [6, 6.07) is 56.0. The second-order valence-corrected chi connectivity index (χ2v) is 17.9. The number of fused-ring (bicyclic) bond motifs is 8. The third-order valence-electron chi connectivity index (χ3n) is 9.67. The first-order chi connectivity index (χ1) is 22.1. The summed E-state index contributed by atoms with van der Waals surface area (Å²) in [6.45, 7) is 5.05. The molecule has 0 fully saturated rings. The molecule has 2 heterocycles. The first kappa shape index (κ1) is 26.4. The highest BCUT2D eigenvalue weighted by Crippen LogP contribution is 2.45. The molecule has 7 aromatic carbocycles. The Balaban J connectivity index is 1.27. The van der Waals surface area contributed by atoms with Crippen LogP contribution in [0.1, 0.15) is 0 Å². The number of para-hydroxylation sites is 1. The van der Waals surface area contributed by atoms with Gasteiger partial charge in [-0.1, -0.05) is 128 Å². The molecule has 9 rings (SSSR count). The van der Waals surface area contributed by atoms with Crippen LogP contribution in [0.2, 0.25) is 13.1 Å². The van der Waals surface area contributed by atoms with Gasteiger partial charge in [-0.25, -0.2) is 0 Å². The first-order valence-corrected chi connectivity index (χ1v) is 19.4. The van der Waals surface area contributed by atoms with Gasteiger partial charge in [0.2, 0.25) is 0 Å². The van der Waals surface area contributed by atoms with Crippen LogP contribution < -0.4 is 15.3 Å². The van der Waals surface area contributed by atoms with E-state index in [9.17, 15) is 0 Å². The molecule has 1 nitrogen and oxygen atoms in total. The van der Waals surface area contributed by atoms with Crippen molar-refractivity contribution >= 4 is 77.8 Å². The molecule has 0 N–H and O–H groups in total. The summed E-state index contributed by atoms with van der Waals surface area (Å²) >= 11 is 1.95. The smallest absolute Gasteiger partial charge is 0.114 e. The number of rotatable bonds is 4. The Labute approximate surface area is 268 Å². The number of nitrogens with zero attached hydrogens (tertiary/aromatic N) is 1. The molecule has 0 spiro atoms. The van der Waals surface area contributed by atoms with Crippen LogP contribution in [0.4, 0.5) is 17.1 Å². The molecule has 0 radical (unpaired) electrons. The molecule has 3 heteroatoms. The van der Waals surface area contributed by atoms with Crippen LogP contribution in [-0.4, -0.2) is 8.07 Å². The van der Waals surface area contributed by atoms with Crippen LogP contribution in [-0.2, 0) is 0 Å². The third kappa shape index (κ3) is 3.98. The lowest BCUT2D eigenvalue weighted by Crippen LogP contribution is -2.49. The molecule has 214 valence electrons. The molecule has 0 saturated heterocycles. The minimum absolute atomic E-state index is 1.16. The average Bonchev–Trinajstić information content (AvgIpc) is 3.58. The van der Waals surface area contributed by atoms with Crippen molar-refractivity contribution in [3.63, 3.8) is 0 Å². The van der Waals surface area contributed by atoms with E-state index in [2.05, 4.69) is 170 Å². The van der Waals surface area contributed by atoms with Crippen molar-refractivity contribution in [1.29, 1.82) is 0 Å². The molecule has 0 bridgehead atoms. The van der Waals surface area contributed by atoms with E-state index in [-0.39, 0.29) is 0 Å². The van der Waals surface area contributed by atoms with Gasteiger partial charge in [-0.15, -0.1) is 11.3 Å². The molecule has 8 aromatic rings. The first-order valence-electron chi connectivity index (χ1n) is 15.6. The zero-order chi connectivity index (χ0) is 30.1. The molecular weight excluding hydrogens is 579 g/mol. The standard InChI is InChI=1S/C42H31NSSi/c1-45(2)39-26-24-35-34-19-11-12-20-38(34)44-42(35)41(39)36-22-21-30(27-40(36)45)43(29-15-7-4-8-16-29)37-25-23-31(28-13-5-3-6-14-28)32-17-9-10-18-33(32)37/h3-27H,1-2H3. The summed E-state index contributed by atoms with van der Waals surface area (Å²) in [5.41, 5.74) is 8.94. The Morgan fingerprint density at radius 1 is 0.489 bits per heavy atom. The normalized spacial score (nSPS) is 13.3. The molecule has 0 amide bonds. The van der Waals surface area contributed by atoms with E-state index in [1.165, 1.54) is 69.8 Å². The Morgan fingerprint density at radius 2 is 1.16 bits per heavy atom. The predicted molar refractivity (Wildman–Crippen MR) is 199 cm³/mol. The van der Waals surface area contributed by atoms with Crippen molar-refractivity contribution in [2.75, 3.05) is 4.90 Å². The van der Waals surface area contributed by atoms with E-state index in [0.717, 1.165) is 5.69 Å². The van der Waals surface area contributed by atoms with E-state index in [1.807, 2.05) is 11.3 Å². The van der Waals surface area contributed by atoms with Gasteiger partial charge in [0, 0.05) is 36.9 Å². The van der Waals surface area contributed by atoms with Gasteiger partial charge in [0.25, 0.3) is 0 Å². The summed E-state index contributed by atoms with van der Waals surface area (Å²) in [5.74, 6) is 0. The topological polar surface area (TPSA) is 3.24 Å². The van der Waals surface area contributed by atoms with Crippen LogP contribution in [0, 0.1) is 0 Å². The van der Waals surface area contributed by atoms with Gasteiger partial charge >= 0.3 is 0 Å². The summed E-state index contributed by atoms with van der Waals surface area (Å²) in [6.07, 6.45) is 0. The van der Waals surface area contributed by atoms with Gasteiger partial charge in [-0.3, -0.25) is 0 Å². The molecule has 0 saturated carbocycles. The summed E-state index contributed by atoms with van der Waals surface area (Å²) < 4.78 is 2.80. The fourth-order valence-corrected chi connectivity index (χ4v) is 11.9. The van der Waals surface area contributed by atoms with E-state index in [0.29, 0.717) is 0 Å². The number of hydrogen-bond donors (Lipinski definition) is 0. The van der Waals surface area contributed by atoms with E-state index >= 15 is 0 Å². The van der Waals surface area contributed by atoms with Crippen molar-refractivity contribution in [2.24, 2.45) is 0 Å². The molecule has 1 aromatic heterocycles. The third-order valence-corrected chi connectivity index (χ3v) is 14.4. The fourth-order valence-electron chi connectivity index (χ4n) is 7.48. The lowest BCUT2D eigenvalue weighted by molar-refractivity contribution is 1.30. The van der Waals surface area contributed by atoms with Gasteiger partial charge in [0.1, 0.15) is 8.07 Å². The largest absolute Gasteiger partial charge is 0.310 e. The van der Waals surface area contributed by atoms with Gasteiger partial charge in [-0.2, -0.15) is 0 Å². The molecule has 1 aliphatic heterocycles. The minimum Gasteiger partial charge on any atom is -0.310 e. The van der Waals surface area contributed by atoms with Crippen LogP contribution in [0.5, 0.6) is 0 Å². The lowest BCUT2D eigenvalue weighted by Gasteiger charge is -2.29. The maximum Gasteiger partial charge on any atom is 0.114 e. The van der Waals surface area contributed by atoms with Crippen molar-refractivity contribution in [1.82, 2.24) is 0 Å². The van der Waals surface area contributed by atoms with Crippen molar-refractivity contribution in [3.05, 3.63) is 152 Å². The summed E-state index contributed by atoms with van der Waals surface area (Å²) in [7, 11) is -1.95. The average molecular weight is 610 g/mol. The zero-order valence-electron chi connectivity index (χ0n) is 25.3. The fraction of sp³-hybridized carbons (Fsp3) is 0.0476. The highest BCUT2D eigenvalue weighted by Gasteiger charge is 2.39. The summed E-state index contributed by atoms with van der Waals surface area (Å²) in [4.78, 5) is 2.46. The molecular formula is C42H31NSSi. The molecule has 45 heavy (non-hydrogen) atoms. The SMILES string of the molecule is C[Si]1(C)c2cc(N(c3ccccc3)c3ccc(-c4ccccc4)c4ccccc34)ccc2-c2c1ccc1c2sc2ccccc21. The number of thiophene rings is 1. The molecule has 0 atom stereocenters. The highest BCUT2D eigenvalue weighted by molar-refractivity contribution is 7.26. The van der Waals surface area contributed by atoms with Crippen molar-refractivity contribution < 1.29 is 0 Å². The second-order valence-electron chi connectivity index (χ2n) is 12.5. The summed E-state index contributed by atoms with van der Waals surface area (Å²) in [5, 5.41) is 8.33.